The summed E-state index contributed by atoms with van der Waals surface area (Å²) in [5.74, 6) is 0. The topological polar surface area (TPSA) is 29.9 Å². The maximum absolute atomic E-state index is 6.17. The van der Waals surface area contributed by atoms with Crippen LogP contribution in [0, 0.1) is 12.3 Å². The van der Waals surface area contributed by atoms with Crippen molar-refractivity contribution in [1.82, 2.24) is 15.1 Å². The third-order valence-electron chi connectivity index (χ3n) is 4.30. The Morgan fingerprint density at radius 1 is 1.43 bits per heavy atom. The molecule has 0 fully saturated rings. The monoisotopic (exact) mass is 303 g/mol. The number of benzene rings is 1. The number of halogens is 1. The first-order chi connectivity index (χ1) is 9.95. The van der Waals surface area contributed by atoms with Gasteiger partial charge in [0.05, 0.1) is 12.7 Å². The number of fused-ring (bicyclic) bond motifs is 1. The second kappa shape index (κ2) is 5.47. The Hall–Kier alpha value is -1.32. The summed E-state index contributed by atoms with van der Waals surface area (Å²) in [7, 11) is 0. The van der Waals surface area contributed by atoms with E-state index in [2.05, 4.69) is 49.5 Å². The van der Waals surface area contributed by atoms with Gasteiger partial charge in [0.2, 0.25) is 0 Å². The van der Waals surface area contributed by atoms with Crippen molar-refractivity contribution < 1.29 is 0 Å². The molecule has 0 amide bonds. The van der Waals surface area contributed by atoms with Gasteiger partial charge in [-0.05, 0) is 47.6 Å². The van der Waals surface area contributed by atoms with Crippen molar-refractivity contribution in [3.05, 3.63) is 52.3 Å². The molecule has 112 valence electrons. The molecule has 0 aliphatic heterocycles. The Morgan fingerprint density at radius 2 is 2.24 bits per heavy atom. The predicted octanol–water partition coefficient (Wildman–Crippen LogP) is 3.76. The van der Waals surface area contributed by atoms with Crippen molar-refractivity contribution in [2.75, 3.05) is 6.54 Å². The summed E-state index contributed by atoms with van der Waals surface area (Å²) < 4.78 is 1.99. The van der Waals surface area contributed by atoms with E-state index >= 15 is 0 Å². The van der Waals surface area contributed by atoms with Crippen LogP contribution in [0.2, 0.25) is 5.02 Å². The molecule has 0 radical (unpaired) electrons. The number of nitrogens with zero attached hydrogens (tertiary/aromatic N) is 2. The van der Waals surface area contributed by atoms with Crippen molar-refractivity contribution in [2.45, 2.75) is 39.8 Å². The summed E-state index contributed by atoms with van der Waals surface area (Å²) in [5.41, 5.74) is 4.18. The van der Waals surface area contributed by atoms with Crippen molar-refractivity contribution in [1.29, 1.82) is 0 Å². The number of rotatable bonds is 4. The number of aromatic nitrogens is 2. The average Bonchev–Trinajstić information content (AvgIpc) is 2.92. The summed E-state index contributed by atoms with van der Waals surface area (Å²) in [6, 6.07) is 6.62. The normalized spacial score (nSPS) is 19.7. The minimum absolute atomic E-state index is 0.215. The molecule has 4 heteroatoms. The molecule has 0 saturated carbocycles. The predicted molar refractivity (Wildman–Crippen MR) is 86.6 cm³/mol. The minimum Gasteiger partial charge on any atom is -0.308 e. The molecule has 1 heterocycles. The van der Waals surface area contributed by atoms with E-state index in [0.29, 0.717) is 6.04 Å². The summed E-state index contributed by atoms with van der Waals surface area (Å²) in [4.78, 5) is 0. The number of nitrogens with one attached hydrogen (secondary N) is 1. The van der Waals surface area contributed by atoms with Crippen molar-refractivity contribution in [3.63, 3.8) is 0 Å². The van der Waals surface area contributed by atoms with Crippen LogP contribution in [0.4, 0.5) is 0 Å². The van der Waals surface area contributed by atoms with Crippen LogP contribution in [-0.2, 0) is 13.0 Å². The lowest BCUT2D eigenvalue weighted by atomic mass is 9.85. The quantitative estimate of drug-likeness (QED) is 0.932. The van der Waals surface area contributed by atoms with E-state index in [9.17, 15) is 0 Å². The molecule has 1 aliphatic rings. The molecule has 2 aromatic rings. The Morgan fingerprint density at radius 3 is 2.95 bits per heavy atom. The molecule has 3 rings (SSSR count). The van der Waals surface area contributed by atoms with Crippen LogP contribution < -0.4 is 5.32 Å². The van der Waals surface area contributed by atoms with Gasteiger partial charge in [0.25, 0.3) is 0 Å². The maximum atomic E-state index is 6.17. The highest BCUT2D eigenvalue weighted by Gasteiger charge is 2.38. The molecule has 1 unspecified atom stereocenters. The SMILES string of the molecule is Cc1cnn(CCNC2c3cc(Cl)ccc3CC2(C)C)c1. The zero-order chi connectivity index (χ0) is 15.0. The van der Waals surface area contributed by atoms with E-state index < -0.39 is 0 Å². The summed E-state index contributed by atoms with van der Waals surface area (Å²) in [6.45, 7) is 8.49. The first-order valence-corrected chi connectivity index (χ1v) is 7.84. The van der Waals surface area contributed by atoms with Gasteiger partial charge >= 0.3 is 0 Å². The molecule has 0 saturated heterocycles. The fourth-order valence-corrected chi connectivity index (χ4v) is 3.49. The molecule has 21 heavy (non-hydrogen) atoms. The highest BCUT2D eigenvalue weighted by atomic mass is 35.5. The van der Waals surface area contributed by atoms with Crippen LogP contribution in [0.15, 0.2) is 30.6 Å². The highest BCUT2D eigenvalue weighted by Crippen LogP contribution is 2.45. The summed E-state index contributed by atoms with van der Waals surface area (Å²) in [6.07, 6.45) is 5.07. The molecule has 0 bridgehead atoms. The third kappa shape index (κ3) is 2.99. The zero-order valence-corrected chi connectivity index (χ0v) is 13.6. The van der Waals surface area contributed by atoms with Gasteiger partial charge in [0, 0.05) is 23.8 Å². The Balaban J connectivity index is 1.71. The molecule has 1 atom stereocenters. The van der Waals surface area contributed by atoms with E-state index in [0.717, 1.165) is 24.5 Å². The maximum Gasteiger partial charge on any atom is 0.0534 e. The van der Waals surface area contributed by atoms with Crippen LogP contribution in [-0.4, -0.2) is 16.3 Å². The molecular formula is C17H22ClN3. The van der Waals surface area contributed by atoms with Gasteiger partial charge in [-0.3, -0.25) is 4.68 Å². The van der Waals surface area contributed by atoms with E-state index in [1.807, 2.05) is 16.9 Å². The molecule has 0 spiro atoms. The van der Waals surface area contributed by atoms with Crippen LogP contribution in [0.1, 0.15) is 36.6 Å². The zero-order valence-electron chi connectivity index (χ0n) is 12.9. The van der Waals surface area contributed by atoms with Crippen LogP contribution in [0.25, 0.3) is 0 Å². The van der Waals surface area contributed by atoms with Gasteiger partial charge in [0.15, 0.2) is 0 Å². The molecule has 1 N–H and O–H groups in total. The molecule has 1 aromatic heterocycles. The van der Waals surface area contributed by atoms with Gasteiger partial charge < -0.3 is 5.32 Å². The molecule has 1 aromatic carbocycles. The van der Waals surface area contributed by atoms with Crippen molar-refractivity contribution in [2.24, 2.45) is 5.41 Å². The molecule has 1 aliphatic carbocycles. The summed E-state index contributed by atoms with van der Waals surface area (Å²) >= 11 is 6.17. The fourth-order valence-electron chi connectivity index (χ4n) is 3.31. The fraction of sp³-hybridized carbons (Fsp3) is 0.471. The number of hydrogen-bond donors (Lipinski definition) is 1. The van der Waals surface area contributed by atoms with Gasteiger partial charge in [-0.25, -0.2) is 0 Å². The molecule has 3 nitrogen and oxygen atoms in total. The lowest BCUT2D eigenvalue weighted by Crippen LogP contribution is -2.33. The first kappa shape index (κ1) is 14.6. The van der Waals surface area contributed by atoms with E-state index in [1.54, 1.807) is 0 Å². The van der Waals surface area contributed by atoms with Crippen LogP contribution in [0.5, 0.6) is 0 Å². The van der Waals surface area contributed by atoms with Crippen molar-refractivity contribution >= 4 is 11.6 Å². The lowest BCUT2D eigenvalue weighted by Gasteiger charge is -2.28. The Bertz CT molecular complexity index is 645. The standard InChI is InChI=1S/C17H22ClN3/c1-12-10-20-21(11-12)7-6-19-16-15-8-14(18)5-4-13(15)9-17(16,2)3/h4-5,8,10-11,16,19H,6-7,9H2,1-3H3. The highest BCUT2D eigenvalue weighted by molar-refractivity contribution is 6.30. The van der Waals surface area contributed by atoms with Crippen LogP contribution >= 0.6 is 11.6 Å². The Labute approximate surface area is 131 Å². The van der Waals surface area contributed by atoms with Crippen molar-refractivity contribution in [3.8, 4) is 0 Å². The van der Waals surface area contributed by atoms with Gasteiger partial charge in [-0.1, -0.05) is 31.5 Å². The van der Waals surface area contributed by atoms with E-state index in [-0.39, 0.29) is 5.41 Å². The number of hydrogen-bond acceptors (Lipinski definition) is 2. The van der Waals surface area contributed by atoms with Gasteiger partial charge in [-0.2, -0.15) is 5.10 Å². The second-order valence-electron chi connectivity index (χ2n) is 6.68. The minimum atomic E-state index is 0.215. The third-order valence-corrected chi connectivity index (χ3v) is 4.53. The first-order valence-electron chi connectivity index (χ1n) is 7.46. The average molecular weight is 304 g/mol. The lowest BCUT2D eigenvalue weighted by molar-refractivity contribution is 0.266. The van der Waals surface area contributed by atoms with Crippen LogP contribution in [0.3, 0.4) is 0 Å². The smallest absolute Gasteiger partial charge is 0.0534 e. The largest absolute Gasteiger partial charge is 0.308 e. The Kier molecular flexibility index (Phi) is 3.80. The van der Waals surface area contributed by atoms with Gasteiger partial charge in [0.1, 0.15) is 0 Å². The number of aryl methyl sites for hydroxylation is 1. The molecular weight excluding hydrogens is 282 g/mol. The van der Waals surface area contributed by atoms with E-state index in [1.165, 1.54) is 16.7 Å². The van der Waals surface area contributed by atoms with Gasteiger partial charge in [-0.15, -0.1) is 0 Å². The second-order valence-corrected chi connectivity index (χ2v) is 7.11. The summed E-state index contributed by atoms with van der Waals surface area (Å²) in [5, 5.41) is 8.84. The van der Waals surface area contributed by atoms with E-state index in [4.69, 9.17) is 11.6 Å².